The summed E-state index contributed by atoms with van der Waals surface area (Å²) in [6, 6.07) is 4.68. The molecular formula is C17H30N4OS. The molecule has 0 aliphatic carbocycles. The summed E-state index contributed by atoms with van der Waals surface area (Å²) in [5, 5.41) is 5.33. The molecule has 0 radical (unpaired) electrons. The maximum absolute atomic E-state index is 6.02. The largest absolute Gasteiger partial charge is 0.379 e. The van der Waals surface area contributed by atoms with Crippen LogP contribution < -0.4 is 11.1 Å². The van der Waals surface area contributed by atoms with Crippen LogP contribution in [0.15, 0.2) is 22.5 Å². The number of rotatable bonds is 8. The van der Waals surface area contributed by atoms with E-state index in [2.05, 4.69) is 46.6 Å². The first-order valence-electron chi connectivity index (χ1n) is 8.53. The van der Waals surface area contributed by atoms with E-state index in [0.717, 1.165) is 52.2 Å². The number of nitrogens with zero attached hydrogens (tertiary/aromatic N) is 2. The summed E-state index contributed by atoms with van der Waals surface area (Å²) >= 11 is 1.78. The van der Waals surface area contributed by atoms with E-state index in [9.17, 15) is 0 Å². The van der Waals surface area contributed by atoms with E-state index in [0.29, 0.717) is 17.9 Å². The predicted molar refractivity (Wildman–Crippen MR) is 98.2 cm³/mol. The molecule has 0 saturated carbocycles. The maximum Gasteiger partial charge on any atom is 0.188 e. The van der Waals surface area contributed by atoms with Gasteiger partial charge in [0, 0.05) is 30.6 Å². The number of thiophene rings is 1. The number of nitrogens with two attached hydrogens (primary N) is 1. The SMILES string of the molecule is CC(C)CC(CN=C(N)NCCc1cccs1)N1CCOCC1. The van der Waals surface area contributed by atoms with E-state index in [1.165, 1.54) is 4.88 Å². The Kier molecular flexibility index (Phi) is 7.85. The van der Waals surface area contributed by atoms with Gasteiger partial charge in [0.15, 0.2) is 5.96 Å². The molecule has 1 atom stereocenters. The molecule has 3 N–H and O–H groups in total. The van der Waals surface area contributed by atoms with Gasteiger partial charge in [0.05, 0.1) is 19.8 Å². The van der Waals surface area contributed by atoms with Gasteiger partial charge in [-0.1, -0.05) is 19.9 Å². The Morgan fingerprint density at radius 3 is 2.87 bits per heavy atom. The van der Waals surface area contributed by atoms with Crippen LogP contribution in [0.2, 0.25) is 0 Å². The minimum atomic E-state index is 0.455. The minimum absolute atomic E-state index is 0.455. The van der Waals surface area contributed by atoms with E-state index >= 15 is 0 Å². The van der Waals surface area contributed by atoms with E-state index < -0.39 is 0 Å². The number of ether oxygens (including phenoxy) is 1. The van der Waals surface area contributed by atoms with Crippen LogP contribution in [0.4, 0.5) is 0 Å². The van der Waals surface area contributed by atoms with Gasteiger partial charge in [-0.05, 0) is 30.2 Å². The molecule has 2 rings (SSSR count). The highest BCUT2D eigenvalue weighted by Crippen LogP contribution is 2.14. The highest BCUT2D eigenvalue weighted by atomic mass is 32.1. The highest BCUT2D eigenvalue weighted by molar-refractivity contribution is 7.09. The molecule has 2 heterocycles. The van der Waals surface area contributed by atoms with E-state index in [1.807, 2.05) is 0 Å². The first-order chi connectivity index (χ1) is 11.1. The standard InChI is InChI=1S/C17H30N4OS/c1-14(2)12-15(21-7-9-22-10-8-21)13-20-17(18)19-6-5-16-4-3-11-23-16/h3-4,11,14-15H,5-10,12-13H2,1-2H3,(H3,18,19,20). The molecule has 5 nitrogen and oxygen atoms in total. The summed E-state index contributed by atoms with van der Waals surface area (Å²) in [5.74, 6) is 1.22. The molecule has 0 amide bonds. The highest BCUT2D eigenvalue weighted by Gasteiger charge is 2.21. The van der Waals surface area contributed by atoms with Crippen molar-refractivity contribution in [2.45, 2.75) is 32.7 Å². The van der Waals surface area contributed by atoms with Crippen LogP contribution in [-0.4, -0.2) is 56.3 Å². The summed E-state index contributed by atoms with van der Waals surface area (Å²) in [4.78, 5) is 8.44. The Morgan fingerprint density at radius 1 is 1.43 bits per heavy atom. The lowest BCUT2D eigenvalue weighted by Crippen LogP contribution is -2.46. The fourth-order valence-electron chi connectivity index (χ4n) is 2.85. The van der Waals surface area contributed by atoms with Crippen LogP contribution in [0, 0.1) is 5.92 Å². The van der Waals surface area contributed by atoms with Crippen molar-refractivity contribution in [1.82, 2.24) is 10.2 Å². The summed E-state index contributed by atoms with van der Waals surface area (Å²) in [6.07, 6.45) is 2.14. The second-order valence-corrected chi connectivity index (χ2v) is 7.45. The van der Waals surface area contributed by atoms with Crippen LogP contribution in [0.3, 0.4) is 0 Å². The molecule has 130 valence electrons. The van der Waals surface area contributed by atoms with Crippen molar-refractivity contribution >= 4 is 17.3 Å². The fourth-order valence-corrected chi connectivity index (χ4v) is 3.56. The maximum atomic E-state index is 6.02. The van der Waals surface area contributed by atoms with Crippen molar-refractivity contribution in [3.8, 4) is 0 Å². The third kappa shape index (κ3) is 6.89. The van der Waals surface area contributed by atoms with Gasteiger partial charge < -0.3 is 15.8 Å². The predicted octanol–water partition coefficient (Wildman–Crippen LogP) is 1.94. The lowest BCUT2D eigenvalue weighted by molar-refractivity contribution is 0.0143. The monoisotopic (exact) mass is 338 g/mol. The smallest absolute Gasteiger partial charge is 0.188 e. The third-order valence-corrected chi connectivity index (χ3v) is 4.97. The van der Waals surface area contributed by atoms with Crippen molar-refractivity contribution in [3.63, 3.8) is 0 Å². The number of aliphatic imine (C=N–C) groups is 1. The lowest BCUT2D eigenvalue weighted by atomic mass is 10.0. The number of guanidine groups is 1. The molecule has 23 heavy (non-hydrogen) atoms. The van der Waals surface area contributed by atoms with Gasteiger partial charge in [-0.25, -0.2) is 0 Å². The van der Waals surface area contributed by atoms with Crippen molar-refractivity contribution < 1.29 is 4.74 Å². The normalized spacial score (nSPS) is 18.3. The Morgan fingerprint density at radius 2 is 2.22 bits per heavy atom. The number of hydrogen-bond acceptors (Lipinski definition) is 4. The van der Waals surface area contributed by atoms with Crippen LogP contribution in [0.1, 0.15) is 25.1 Å². The van der Waals surface area contributed by atoms with Crippen molar-refractivity contribution in [1.29, 1.82) is 0 Å². The third-order valence-electron chi connectivity index (χ3n) is 4.04. The van der Waals surface area contributed by atoms with Gasteiger partial charge in [-0.3, -0.25) is 9.89 Å². The van der Waals surface area contributed by atoms with E-state index in [4.69, 9.17) is 10.5 Å². The molecule has 1 aliphatic heterocycles. The van der Waals surface area contributed by atoms with Gasteiger partial charge in [-0.15, -0.1) is 11.3 Å². The average Bonchev–Trinajstić information content (AvgIpc) is 3.05. The van der Waals surface area contributed by atoms with Gasteiger partial charge >= 0.3 is 0 Å². The minimum Gasteiger partial charge on any atom is -0.379 e. The molecule has 0 spiro atoms. The van der Waals surface area contributed by atoms with Gasteiger partial charge in [0.1, 0.15) is 0 Å². The topological polar surface area (TPSA) is 62.9 Å². The molecule has 1 aromatic heterocycles. The Bertz CT molecular complexity index is 455. The average molecular weight is 339 g/mol. The van der Waals surface area contributed by atoms with E-state index in [-0.39, 0.29) is 0 Å². The van der Waals surface area contributed by atoms with Gasteiger partial charge in [-0.2, -0.15) is 0 Å². The summed E-state index contributed by atoms with van der Waals surface area (Å²) < 4.78 is 5.46. The van der Waals surface area contributed by atoms with Crippen LogP contribution in [0.25, 0.3) is 0 Å². The molecule has 0 aromatic carbocycles. The quantitative estimate of drug-likeness (QED) is 0.562. The second-order valence-electron chi connectivity index (χ2n) is 6.41. The zero-order valence-electron chi connectivity index (χ0n) is 14.3. The number of hydrogen-bond donors (Lipinski definition) is 2. The van der Waals surface area contributed by atoms with Crippen LogP contribution in [-0.2, 0) is 11.2 Å². The fraction of sp³-hybridized carbons (Fsp3) is 0.706. The van der Waals surface area contributed by atoms with Crippen molar-refractivity contribution in [3.05, 3.63) is 22.4 Å². The van der Waals surface area contributed by atoms with Crippen molar-refractivity contribution in [2.24, 2.45) is 16.6 Å². The molecule has 1 unspecified atom stereocenters. The van der Waals surface area contributed by atoms with Gasteiger partial charge in [0.25, 0.3) is 0 Å². The second kappa shape index (κ2) is 9.90. The van der Waals surface area contributed by atoms with Crippen molar-refractivity contribution in [2.75, 3.05) is 39.4 Å². The number of morpholine rings is 1. The summed E-state index contributed by atoms with van der Waals surface area (Å²) in [7, 11) is 0. The molecule has 1 aromatic rings. The molecule has 6 heteroatoms. The first kappa shape index (κ1) is 18.2. The molecule has 0 bridgehead atoms. The first-order valence-corrected chi connectivity index (χ1v) is 9.41. The summed E-state index contributed by atoms with van der Waals surface area (Å²) in [6.45, 7) is 9.77. The van der Waals surface area contributed by atoms with Gasteiger partial charge in [0.2, 0.25) is 0 Å². The van der Waals surface area contributed by atoms with Crippen LogP contribution in [0.5, 0.6) is 0 Å². The Balaban J connectivity index is 1.77. The zero-order chi connectivity index (χ0) is 16.5. The molecule has 1 fully saturated rings. The lowest BCUT2D eigenvalue weighted by Gasteiger charge is -2.34. The van der Waals surface area contributed by atoms with Crippen LogP contribution >= 0.6 is 11.3 Å². The number of nitrogens with one attached hydrogen (secondary N) is 1. The Labute approximate surface area is 143 Å². The summed E-state index contributed by atoms with van der Waals surface area (Å²) in [5.41, 5.74) is 6.02. The van der Waals surface area contributed by atoms with E-state index in [1.54, 1.807) is 11.3 Å². The molecule has 1 saturated heterocycles. The zero-order valence-corrected chi connectivity index (χ0v) is 15.1. The molecular weight excluding hydrogens is 308 g/mol. The molecule has 1 aliphatic rings. The Hall–Kier alpha value is -1.11.